The zero-order valence-corrected chi connectivity index (χ0v) is 20.5. The Bertz CT molecular complexity index is 1120. The van der Waals surface area contributed by atoms with Crippen molar-refractivity contribution in [2.45, 2.75) is 56.5 Å². The Labute approximate surface area is 217 Å². The van der Waals surface area contributed by atoms with Gasteiger partial charge >= 0.3 is 5.97 Å². The van der Waals surface area contributed by atoms with E-state index in [1.165, 1.54) is 43.7 Å². The van der Waals surface area contributed by atoms with E-state index >= 15 is 0 Å². The van der Waals surface area contributed by atoms with Crippen molar-refractivity contribution in [2.75, 3.05) is 0 Å². The molecule has 0 saturated heterocycles. The van der Waals surface area contributed by atoms with Crippen molar-refractivity contribution >= 4 is 29.6 Å². The maximum absolute atomic E-state index is 13.1. The molecule has 2 rings (SSSR count). The summed E-state index contributed by atoms with van der Waals surface area (Å²) in [5.74, 6) is -5.22. The number of hydrogen-bond acceptors (Lipinski definition) is 9. The minimum absolute atomic E-state index is 0.0467. The summed E-state index contributed by atoms with van der Waals surface area (Å²) in [6.07, 6.45) is 0.687. The fourth-order valence-corrected chi connectivity index (χ4v) is 3.40. The molecule has 1 aromatic heterocycles. The lowest BCUT2D eigenvalue weighted by molar-refractivity contribution is -0.143. The van der Waals surface area contributed by atoms with Crippen molar-refractivity contribution in [3.63, 3.8) is 0 Å². The molecule has 5 atom stereocenters. The van der Waals surface area contributed by atoms with E-state index in [1.54, 1.807) is 0 Å². The second-order valence-corrected chi connectivity index (χ2v) is 8.62. The highest BCUT2D eigenvalue weighted by Crippen LogP contribution is 2.12. The molecule has 15 heteroatoms. The third kappa shape index (κ3) is 9.18. The SMILES string of the molecule is CC(O)C(NC(=O)C(N)Cc1cnc[nH]1)C(=O)NC(Cc1ccc(O)cc1)C(=O)NC(CC(N)=O)C(=O)O. The number of aromatic hydroxyl groups is 1. The van der Waals surface area contributed by atoms with E-state index in [4.69, 9.17) is 11.5 Å². The number of aliphatic hydroxyl groups excluding tert-OH is 1. The van der Waals surface area contributed by atoms with Crippen LogP contribution in [0.15, 0.2) is 36.8 Å². The number of nitrogens with one attached hydrogen (secondary N) is 4. The number of rotatable bonds is 14. The first kappa shape index (κ1) is 29.7. The molecule has 0 aliphatic rings. The first-order chi connectivity index (χ1) is 17.9. The topological polar surface area (TPSA) is 263 Å². The Morgan fingerprint density at radius 2 is 1.61 bits per heavy atom. The van der Waals surface area contributed by atoms with Crippen LogP contribution in [0.3, 0.4) is 0 Å². The standard InChI is InChI=1S/C23H31N7O8/c1-11(31)19(30-20(34)15(24)7-13-9-26-10-27-13)22(36)28-16(6-12-2-4-14(32)5-3-12)21(35)29-17(23(37)38)8-18(25)33/h2-5,9-11,15-17,19,31-32H,6-8,24H2,1H3,(H2,25,33)(H,26,27)(H,28,36)(H,29,35)(H,30,34)(H,37,38). The van der Waals surface area contributed by atoms with Crippen LogP contribution in [0, 0.1) is 0 Å². The Hall–Kier alpha value is -4.50. The summed E-state index contributed by atoms with van der Waals surface area (Å²) in [4.78, 5) is 67.9. The molecule has 1 aromatic carbocycles. The smallest absolute Gasteiger partial charge is 0.326 e. The fourth-order valence-electron chi connectivity index (χ4n) is 3.40. The molecule has 1 heterocycles. The molecule has 38 heavy (non-hydrogen) atoms. The van der Waals surface area contributed by atoms with Crippen molar-refractivity contribution in [1.82, 2.24) is 25.9 Å². The number of nitrogens with zero attached hydrogens (tertiary/aromatic N) is 1. The number of aromatic nitrogens is 2. The zero-order chi connectivity index (χ0) is 28.4. The first-order valence-electron chi connectivity index (χ1n) is 11.5. The molecule has 5 unspecified atom stereocenters. The molecule has 206 valence electrons. The second-order valence-electron chi connectivity index (χ2n) is 8.62. The van der Waals surface area contributed by atoms with E-state index in [1.807, 2.05) is 0 Å². The average molecular weight is 534 g/mol. The highest BCUT2D eigenvalue weighted by molar-refractivity contribution is 5.95. The molecule has 0 radical (unpaired) electrons. The van der Waals surface area contributed by atoms with E-state index in [0.717, 1.165) is 0 Å². The second kappa shape index (κ2) is 13.7. The maximum Gasteiger partial charge on any atom is 0.326 e. The van der Waals surface area contributed by atoms with E-state index in [9.17, 15) is 39.3 Å². The lowest BCUT2D eigenvalue weighted by atomic mass is 10.0. The number of phenolic OH excluding ortho intramolecular Hbond substituents is 1. The largest absolute Gasteiger partial charge is 0.508 e. The number of imidazole rings is 1. The van der Waals surface area contributed by atoms with Crippen LogP contribution in [-0.2, 0) is 36.8 Å². The average Bonchev–Trinajstić information content (AvgIpc) is 3.35. The number of carboxylic acid groups (broad SMARTS) is 1. The van der Waals surface area contributed by atoms with Crippen LogP contribution >= 0.6 is 0 Å². The molecule has 2 aromatic rings. The summed E-state index contributed by atoms with van der Waals surface area (Å²) in [5, 5.41) is 35.9. The van der Waals surface area contributed by atoms with Gasteiger partial charge in [0.15, 0.2) is 0 Å². The number of carbonyl (C=O) groups excluding carboxylic acids is 4. The molecule has 15 nitrogen and oxygen atoms in total. The highest BCUT2D eigenvalue weighted by Gasteiger charge is 2.33. The van der Waals surface area contributed by atoms with Crippen molar-refractivity contribution in [2.24, 2.45) is 11.5 Å². The quantitative estimate of drug-likeness (QED) is 0.119. The number of phenols is 1. The van der Waals surface area contributed by atoms with E-state index in [-0.39, 0.29) is 18.6 Å². The van der Waals surface area contributed by atoms with Gasteiger partial charge in [0.2, 0.25) is 23.6 Å². The van der Waals surface area contributed by atoms with Gasteiger partial charge < -0.3 is 47.7 Å². The molecule has 0 aliphatic carbocycles. The van der Waals surface area contributed by atoms with Crippen molar-refractivity contribution in [3.8, 4) is 5.75 Å². The molecule has 11 N–H and O–H groups in total. The lowest BCUT2D eigenvalue weighted by Gasteiger charge is -2.26. The Morgan fingerprint density at radius 3 is 2.13 bits per heavy atom. The summed E-state index contributed by atoms with van der Waals surface area (Å²) in [6.45, 7) is 1.24. The normalized spacial score (nSPS) is 14.8. The Balaban J connectivity index is 2.20. The number of aliphatic carboxylic acids is 1. The van der Waals surface area contributed by atoms with E-state index < -0.39 is 66.3 Å². The van der Waals surface area contributed by atoms with Crippen LogP contribution in [0.4, 0.5) is 0 Å². The third-order valence-electron chi connectivity index (χ3n) is 5.42. The predicted molar refractivity (Wildman–Crippen MR) is 131 cm³/mol. The van der Waals surface area contributed by atoms with Gasteiger partial charge in [0.05, 0.1) is 24.9 Å². The molecule has 0 fully saturated rings. The van der Waals surface area contributed by atoms with Gasteiger partial charge in [-0.1, -0.05) is 12.1 Å². The number of benzene rings is 1. The molecule has 0 aliphatic heterocycles. The number of nitrogens with two attached hydrogens (primary N) is 2. The van der Waals surface area contributed by atoms with Crippen LogP contribution in [0.25, 0.3) is 0 Å². The highest BCUT2D eigenvalue weighted by atomic mass is 16.4. The van der Waals surface area contributed by atoms with Gasteiger partial charge in [-0.05, 0) is 24.6 Å². The Morgan fingerprint density at radius 1 is 0.974 bits per heavy atom. The molecular weight excluding hydrogens is 502 g/mol. The molecule has 0 saturated carbocycles. The maximum atomic E-state index is 13.1. The Kier molecular flexibility index (Phi) is 10.7. The van der Waals surface area contributed by atoms with Crippen LogP contribution in [0.2, 0.25) is 0 Å². The number of aromatic amines is 1. The summed E-state index contributed by atoms with van der Waals surface area (Å²) in [7, 11) is 0. The van der Waals surface area contributed by atoms with E-state index in [0.29, 0.717) is 11.3 Å². The number of amides is 4. The van der Waals surface area contributed by atoms with Gasteiger partial charge in [-0.15, -0.1) is 0 Å². The fraction of sp³-hybridized carbons (Fsp3) is 0.391. The minimum atomic E-state index is -1.66. The molecule has 0 spiro atoms. The molecule has 4 amide bonds. The third-order valence-corrected chi connectivity index (χ3v) is 5.42. The number of H-pyrrole nitrogens is 1. The number of aliphatic hydroxyl groups is 1. The zero-order valence-electron chi connectivity index (χ0n) is 20.5. The van der Waals surface area contributed by atoms with Crippen LogP contribution < -0.4 is 27.4 Å². The number of carboxylic acids is 1. The number of hydrogen-bond donors (Lipinski definition) is 9. The monoisotopic (exact) mass is 533 g/mol. The van der Waals surface area contributed by atoms with Gasteiger partial charge in [0.25, 0.3) is 0 Å². The van der Waals surface area contributed by atoms with Crippen molar-refractivity contribution in [3.05, 3.63) is 48.0 Å². The van der Waals surface area contributed by atoms with Crippen LogP contribution in [-0.4, -0.2) is 85.2 Å². The van der Waals surface area contributed by atoms with Gasteiger partial charge in [-0.25, -0.2) is 9.78 Å². The minimum Gasteiger partial charge on any atom is -0.508 e. The predicted octanol–water partition coefficient (Wildman–Crippen LogP) is -2.98. The summed E-state index contributed by atoms with van der Waals surface area (Å²) in [6, 6.07) is -0.0365. The van der Waals surface area contributed by atoms with Gasteiger partial charge in [0.1, 0.15) is 23.9 Å². The molecular formula is C23H31N7O8. The van der Waals surface area contributed by atoms with Gasteiger partial charge in [0, 0.05) is 24.7 Å². The van der Waals surface area contributed by atoms with Gasteiger partial charge in [-0.3, -0.25) is 19.2 Å². The summed E-state index contributed by atoms with van der Waals surface area (Å²) in [5.41, 5.74) is 12.0. The first-order valence-corrected chi connectivity index (χ1v) is 11.5. The van der Waals surface area contributed by atoms with Gasteiger partial charge in [-0.2, -0.15) is 0 Å². The number of primary amides is 1. The van der Waals surface area contributed by atoms with Crippen LogP contribution in [0.5, 0.6) is 5.75 Å². The van der Waals surface area contributed by atoms with Crippen molar-refractivity contribution < 1.29 is 39.3 Å². The summed E-state index contributed by atoms with van der Waals surface area (Å²) < 4.78 is 0. The van der Waals surface area contributed by atoms with Crippen molar-refractivity contribution in [1.29, 1.82) is 0 Å². The lowest BCUT2D eigenvalue weighted by Crippen LogP contribution is -2.60. The number of carbonyl (C=O) groups is 5. The van der Waals surface area contributed by atoms with E-state index in [2.05, 4.69) is 25.9 Å². The summed E-state index contributed by atoms with van der Waals surface area (Å²) >= 11 is 0. The molecule has 0 bridgehead atoms. The van der Waals surface area contributed by atoms with Crippen LogP contribution in [0.1, 0.15) is 24.6 Å².